The Hall–Kier alpha value is -3.94. The summed E-state index contributed by atoms with van der Waals surface area (Å²) in [4.78, 5) is 20.7. The number of phenolic OH excluding ortho intramolecular Hbond substituents is 1. The molecule has 3 aromatic heterocycles. The van der Waals surface area contributed by atoms with Crippen molar-refractivity contribution in [1.82, 2.24) is 19.6 Å². The second-order valence-corrected chi connectivity index (χ2v) is 5.81. The molecule has 1 aromatic carbocycles. The van der Waals surface area contributed by atoms with Gasteiger partial charge < -0.3 is 15.2 Å². The fourth-order valence-electron chi connectivity index (χ4n) is 2.46. The van der Waals surface area contributed by atoms with Crippen LogP contribution in [0.25, 0.3) is 5.65 Å². The van der Waals surface area contributed by atoms with E-state index in [-0.39, 0.29) is 11.3 Å². The summed E-state index contributed by atoms with van der Waals surface area (Å²) in [5.74, 6) is 0.688. The fraction of sp³-hybridized carbons (Fsp3) is 0.0526. The number of pyridine rings is 1. The van der Waals surface area contributed by atoms with Crippen molar-refractivity contribution in [2.45, 2.75) is 6.92 Å². The van der Waals surface area contributed by atoms with Crippen LogP contribution in [0.5, 0.6) is 17.4 Å². The number of benzene rings is 1. The number of aryl methyl sites for hydroxylation is 1. The summed E-state index contributed by atoms with van der Waals surface area (Å²) >= 11 is 0. The summed E-state index contributed by atoms with van der Waals surface area (Å²) in [6.45, 7) is 1.89. The van der Waals surface area contributed by atoms with E-state index in [2.05, 4.69) is 20.4 Å². The van der Waals surface area contributed by atoms with Gasteiger partial charge in [0, 0.05) is 11.8 Å². The van der Waals surface area contributed by atoms with Gasteiger partial charge in [0.1, 0.15) is 11.5 Å². The predicted octanol–water partition coefficient (Wildman–Crippen LogP) is 3.18. The highest BCUT2D eigenvalue weighted by Crippen LogP contribution is 2.21. The van der Waals surface area contributed by atoms with Gasteiger partial charge in [0.15, 0.2) is 11.5 Å². The molecule has 3 heterocycles. The van der Waals surface area contributed by atoms with Crippen LogP contribution < -0.4 is 10.1 Å². The van der Waals surface area contributed by atoms with Crippen LogP contribution in [0.2, 0.25) is 0 Å². The zero-order chi connectivity index (χ0) is 18.8. The van der Waals surface area contributed by atoms with Gasteiger partial charge in [-0.3, -0.25) is 9.78 Å². The SMILES string of the molecule is Cc1ccc(Oc2ccc3nc(NC(=O)c4ccccc4O)cn3n2)cn1. The van der Waals surface area contributed by atoms with Gasteiger partial charge in [-0.05, 0) is 37.3 Å². The summed E-state index contributed by atoms with van der Waals surface area (Å²) in [7, 11) is 0. The predicted molar refractivity (Wildman–Crippen MR) is 98.1 cm³/mol. The number of ether oxygens (including phenoxy) is 1. The number of nitrogens with one attached hydrogen (secondary N) is 1. The summed E-state index contributed by atoms with van der Waals surface area (Å²) < 4.78 is 7.17. The number of hydrogen-bond donors (Lipinski definition) is 2. The zero-order valence-electron chi connectivity index (χ0n) is 14.3. The number of aromatic nitrogens is 4. The maximum absolute atomic E-state index is 12.3. The first-order valence-electron chi connectivity index (χ1n) is 8.15. The van der Waals surface area contributed by atoms with Gasteiger partial charge in [0.2, 0.25) is 5.88 Å². The molecule has 0 unspecified atom stereocenters. The summed E-state index contributed by atoms with van der Waals surface area (Å²) in [6.07, 6.45) is 3.18. The zero-order valence-corrected chi connectivity index (χ0v) is 14.3. The Bertz CT molecular complexity index is 1120. The van der Waals surface area contributed by atoms with Gasteiger partial charge in [0.25, 0.3) is 5.91 Å². The minimum absolute atomic E-state index is 0.0979. The van der Waals surface area contributed by atoms with Crippen molar-refractivity contribution in [1.29, 1.82) is 0 Å². The molecule has 1 amide bonds. The molecule has 0 aliphatic carbocycles. The Balaban J connectivity index is 1.55. The van der Waals surface area contributed by atoms with E-state index in [9.17, 15) is 9.90 Å². The number of nitrogens with zero attached hydrogens (tertiary/aromatic N) is 4. The molecular weight excluding hydrogens is 346 g/mol. The number of para-hydroxylation sites is 1. The third-order valence-corrected chi connectivity index (χ3v) is 3.79. The Labute approximate surface area is 154 Å². The molecule has 0 saturated heterocycles. The Kier molecular flexibility index (Phi) is 4.13. The number of amides is 1. The van der Waals surface area contributed by atoms with E-state index in [0.29, 0.717) is 23.1 Å². The number of carbonyl (C=O) groups excluding carboxylic acids is 1. The molecule has 0 aliphatic rings. The van der Waals surface area contributed by atoms with Crippen LogP contribution in [-0.2, 0) is 0 Å². The number of rotatable bonds is 4. The number of fused-ring (bicyclic) bond motifs is 1. The lowest BCUT2D eigenvalue weighted by Crippen LogP contribution is -2.12. The van der Waals surface area contributed by atoms with Gasteiger partial charge in [0.05, 0.1) is 18.0 Å². The molecule has 8 heteroatoms. The first kappa shape index (κ1) is 16.5. The molecule has 0 aliphatic heterocycles. The largest absolute Gasteiger partial charge is 0.507 e. The highest BCUT2D eigenvalue weighted by atomic mass is 16.5. The van der Waals surface area contributed by atoms with Crippen molar-refractivity contribution >= 4 is 17.4 Å². The Morgan fingerprint density at radius 3 is 2.78 bits per heavy atom. The molecule has 0 radical (unpaired) electrons. The maximum Gasteiger partial charge on any atom is 0.260 e. The molecule has 0 fully saturated rings. The van der Waals surface area contributed by atoms with Crippen molar-refractivity contribution in [3.8, 4) is 17.4 Å². The van der Waals surface area contributed by atoms with Crippen molar-refractivity contribution in [3.63, 3.8) is 0 Å². The standard InChI is InChI=1S/C19H15N5O3/c1-12-6-7-13(10-20-12)27-18-9-8-17-21-16(11-24(17)23-18)22-19(26)14-4-2-3-5-15(14)25/h2-11,25H,1H3,(H,22,26). The average Bonchev–Trinajstić information content (AvgIpc) is 3.05. The number of imidazole rings is 1. The van der Waals surface area contributed by atoms with E-state index in [4.69, 9.17) is 4.74 Å². The van der Waals surface area contributed by atoms with E-state index in [0.717, 1.165) is 5.69 Å². The second-order valence-electron chi connectivity index (χ2n) is 5.81. The Morgan fingerprint density at radius 2 is 2.00 bits per heavy atom. The van der Waals surface area contributed by atoms with Crippen molar-refractivity contribution in [2.75, 3.05) is 5.32 Å². The van der Waals surface area contributed by atoms with Gasteiger partial charge in [-0.1, -0.05) is 12.1 Å². The third kappa shape index (κ3) is 3.54. The van der Waals surface area contributed by atoms with Gasteiger partial charge in [-0.15, -0.1) is 5.10 Å². The highest BCUT2D eigenvalue weighted by Gasteiger charge is 2.13. The molecule has 0 saturated carbocycles. The minimum Gasteiger partial charge on any atom is -0.507 e. The van der Waals surface area contributed by atoms with Gasteiger partial charge in [-0.25, -0.2) is 9.50 Å². The van der Waals surface area contributed by atoms with E-state index in [1.54, 1.807) is 42.7 Å². The molecule has 2 N–H and O–H groups in total. The average molecular weight is 361 g/mol. The molecular formula is C19H15N5O3. The molecule has 0 atom stereocenters. The maximum atomic E-state index is 12.3. The molecule has 8 nitrogen and oxygen atoms in total. The highest BCUT2D eigenvalue weighted by molar-refractivity contribution is 6.05. The van der Waals surface area contributed by atoms with Crippen LogP contribution in [0.1, 0.15) is 16.1 Å². The normalized spacial score (nSPS) is 10.7. The van der Waals surface area contributed by atoms with Gasteiger partial charge in [-0.2, -0.15) is 0 Å². The monoisotopic (exact) mass is 361 g/mol. The van der Waals surface area contributed by atoms with Crippen LogP contribution >= 0.6 is 0 Å². The van der Waals surface area contributed by atoms with Crippen molar-refractivity contribution in [3.05, 3.63) is 72.2 Å². The Morgan fingerprint density at radius 1 is 1.15 bits per heavy atom. The molecule has 134 valence electrons. The van der Waals surface area contributed by atoms with Crippen LogP contribution in [-0.4, -0.2) is 30.6 Å². The molecule has 4 aromatic rings. The number of carbonyl (C=O) groups is 1. The first-order chi connectivity index (χ1) is 13.1. The van der Waals surface area contributed by atoms with E-state index >= 15 is 0 Å². The summed E-state index contributed by atoms with van der Waals surface area (Å²) in [5.41, 5.74) is 1.60. The van der Waals surface area contributed by atoms with E-state index in [1.165, 1.54) is 16.6 Å². The molecule has 0 spiro atoms. The number of phenols is 1. The lowest BCUT2D eigenvalue weighted by molar-refractivity contribution is 0.102. The minimum atomic E-state index is -0.460. The summed E-state index contributed by atoms with van der Waals surface area (Å²) in [6, 6.07) is 13.3. The van der Waals surface area contributed by atoms with Gasteiger partial charge >= 0.3 is 0 Å². The first-order valence-corrected chi connectivity index (χ1v) is 8.15. The van der Waals surface area contributed by atoms with Crippen LogP contribution in [0.3, 0.4) is 0 Å². The lowest BCUT2D eigenvalue weighted by Gasteiger charge is -2.04. The number of hydrogen-bond acceptors (Lipinski definition) is 6. The van der Waals surface area contributed by atoms with E-state index in [1.807, 2.05) is 13.0 Å². The summed E-state index contributed by atoms with van der Waals surface area (Å²) in [5, 5.41) is 16.7. The lowest BCUT2D eigenvalue weighted by atomic mass is 10.2. The number of anilines is 1. The van der Waals surface area contributed by atoms with Crippen molar-refractivity contribution in [2.24, 2.45) is 0 Å². The third-order valence-electron chi connectivity index (χ3n) is 3.79. The molecule has 4 rings (SSSR count). The van der Waals surface area contributed by atoms with Crippen LogP contribution in [0.4, 0.5) is 5.82 Å². The van der Waals surface area contributed by atoms with Crippen molar-refractivity contribution < 1.29 is 14.6 Å². The smallest absolute Gasteiger partial charge is 0.260 e. The topological polar surface area (TPSA) is 102 Å². The molecule has 27 heavy (non-hydrogen) atoms. The second kappa shape index (κ2) is 6.75. The fourth-order valence-corrected chi connectivity index (χ4v) is 2.46. The van der Waals surface area contributed by atoms with Crippen LogP contribution in [0.15, 0.2) is 60.9 Å². The quantitative estimate of drug-likeness (QED) is 0.579. The van der Waals surface area contributed by atoms with Crippen LogP contribution in [0, 0.1) is 6.92 Å². The molecule has 0 bridgehead atoms. The number of aromatic hydroxyl groups is 1. The van der Waals surface area contributed by atoms with E-state index < -0.39 is 5.91 Å².